The molecule has 0 saturated heterocycles. The van der Waals surface area contributed by atoms with Gasteiger partial charge in [0.15, 0.2) is 11.5 Å². The molecule has 1 unspecified atom stereocenters. The highest BCUT2D eigenvalue weighted by molar-refractivity contribution is 5.66. The summed E-state index contributed by atoms with van der Waals surface area (Å²) in [6.45, 7) is 6.54. The summed E-state index contributed by atoms with van der Waals surface area (Å²) in [5, 5.41) is 14.1. The van der Waals surface area contributed by atoms with E-state index in [1.54, 1.807) is 18.2 Å². The fraction of sp³-hybridized carbons (Fsp3) is 0.467. The third-order valence-electron chi connectivity index (χ3n) is 3.10. The van der Waals surface area contributed by atoms with Crippen LogP contribution >= 0.6 is 0 Å². The monoisotopic (exact) mass is 292 g/mol. The van der Waals surface area contributed by atoms with Crippen molar-refractivity contribution >= 4 is 0 Å². The molecule has 0 aliphatic rings. The first-order valence-corrected chi connectivity index (χ1v) is 6.90. The minimum absolute atomic E-state index is 0.0206. The largest absolute Gasteiger partial charge is 0.504 e. The molecule has 2 rings (SSSR count). The Hall–Kier alpha value is -2.08. The van der Waals surface area contributed by atoms with E-state index >= 15 is 0 Å². The van der Waals surface area contributed by atoms with Gasteiger partial charge >= 0.3 is 0 Å². The van der Waals surface area contributed by atoms with E-state index in [4.69, 9.17) is 14.0 Å². The summed E-state index contributed by atoms with van der Waals surface area (Å²) in [7, 11) is 1.49. The molecule has 1 atom stereocenters. The average molecular weight is 292 g/mol. The van der Waals surface area contributed by atoms with Crippen LogP contribution < -0.4 is 4.74 Å². The zero-order valence-electron chi connectivity index (χ0n) is 12.7. The number of hydrogen-bond acceptors (Lipinski definition) is 6. The highest BCUT2D eigenvalue weighted by Gasteiger charge is 2.24. The number of aromatic nitrogens is 2. The van der Waals surface area contributed by atoms with Crippen LogP contribution in [0.1, 0.15) is 32.7 Å². The van der Waals surface area contributed by atoms with Gasteiger partial charge in [-0.3, -0.25) is 0 Å². The summed E-state index contributed by atoms with van der Waals surface area (Å²) in [5.74, 6) is 1.27. The van der Waals surface area contributed by atoms with Crippen LogP contribution in [0.5, 0.6) is 11.5 Å². The average Bonchev–Trinajstić information content (AvgIpc) is 2.93. The van der Waals surface area contributed by atoms with Crippen molar-refractivity contribution in [3.05, 3.63) is 24.0 Å². The Morgan fingerprint density at radius 2 is 2.10 bits per heavy atom. The molecule has 0 spiro atoms. The van der Waals surface area contributed by atoms with Crippen LogP contribution in [0.3, 0.4) is 0 Å². The lowest BCUT2D eigenvalue weighted by Crippen LogP contribution is -2.12. The molecule has 21 heavy (non-hydrogen) atoms. The van der Waals surface area contributed by atoms with Crippen LogP contribution in [0.25, 0.3) is 11.5 Å². The molecule has 1 aromatic carbocycles. The molecule has 2 aromatic rings. The first-order chi connectivity index (χ1) is 10.1. The van der Waals surface area contributed by atoms with Crippen molar-refractivity contribution in [1.82, 2.24) is 10.1 Å². The second-order valence-corrected chi connectivity index (χ2v) is 4.93. The summed E-state index contributed by atoms with van der Waals surface area (Å²) in [6.07, 6.45) is -0.236. The number of ether oxygens (including phenoxy) is 2. The van der Waals surface area contributed by atoms with Crippen molar-refractivity contribution in [3.63, 3.8) is 0 Å². The van der Waals surface area contributed by atoms with Gasteiger partial charge in [-0.05, 0) is 25.0 Å². The van der Waals surface area contributed by atoms with Gasteiger partial charge in [0.25, 0.3) is 5.89 Å². The number of rotatable bonds is 6. The van der Waals surface area contributed by atoms with E-state index in [0.29, 0.717) is 23.7 Å². The Kier molecular flexibility index (Phi) is 4.80. The van der Waals surface area contributed by atoms with Crippen molar-refractivity contribution in [2.45, 2.75) is 26.9 Å². The fourth-order valence-corrected chi connectivity index (χ4v) is 2.06. The molecular weight excluding hydrogens is 272 g/mol. The Morgan fingerprint density at radius 3 is 2.71 bits per heavy atom. The second kappa shape index (κ2) is 6.58. The highest BCUT2D eigenvalue weighted by Crippen LogP contribution is 2.36. The standard InChI is InChI=1S/C15H20N2O4/c1-5-20-13(9(2)3)14-16-15(21-17-14)10-7-6-8-11(19-4)12(10)18/h6-9,13,18H,5H2,1-4H3. The maximum atomic E-state index is 10.1. The van der Waals surface area contributed by atoms with Gasteiger partial charge in [0, 0.05) is 6.61 Å². The predicted octanol–water partition coefficient (Wildman–Crippen LogP) is 3.18. The van der Waals surface area contributed by atoms with Crippen LogP contribution in [0.4, 0.5) is 0 Å². The maximum absolute atomic E-state index is 10.1. The molecule has 0 fully saturated rings. The summed E-state index contributed by atoms with van der Waals surface area (Å²) in [4.78, 5) is 4.34. The van der Waals surface area contributed by atoms with Crippen molar-refractivity contribution < 1.29 is 19.1 Å². The van der Waals surface area contributed by atoms with E-state index in [1.807, 2.05) is 20.8 Å². The molecule has 0 aliphatic carbocycles. The van der Waals surface area contributed by atoms with Gasteiger partial charge in [0.05, 0.1) is 12.7 Å². The zero-order valence-corrected chi connectivity index (χ0v) is 12.7. The Balaban J connectivity index is 2.35. The third-order valence-corrected chi connectivity index (χ3v) is 3.10. The summed E-state index contributed by atoms with van der Waals surface area (Å²) < 4.78 is 16.0. The molecule has 1 N–H and O–H groups in total. The lowest BCUT2D eigenvalue weighted by atomic mass is 10.1. The number of aromatic hydroxyl groups is 1. The van der Waals surface area contributed by atoms with E-state index in [-0.39, 0.29) is 23.7 Å². The lowest BCUT2D eigenvalue weighted by molar-refractivity contribution is 0.0217. The van der Waals surface area contributed by atoms with Gasteiger partial charge in [-0.15, -0.1) is 0 Å². The fourth-order valence-electron chi connectivity index (χ4n) is 2.06. The number of para-hydroxylation sites is 1. The molecule has 6 nitrogen and oxygen atoms in total. The van der Waals surface area contributed by atoms with Gasteiger partial charge in [-0.25, -0.2) is 0 Å². The molecule has 0 radical (unpaired) electrons. The molecule has 0 bridgehead atoms. The van der Waals surface area contributed by atoms with Crippen molar-refractivity contribution in [1.29, 1.82) is 0 Å². The SMILES string of the molecule is CCOC(c1noc(-c2cccc(OC)c2O)n1)C(C)C. The summed E-state index contributed by atoms with van der Waals surface area (Å²) in [5.41, 5.74) is 0.437. The van der Waals surface area contributed by atoms with Crippen LogP contribution in [0.2, 0.25) is 0 Å². The number of methoxy groups -OCH3 is 1. The molecule has 1 aromatic heterocycles. The summed E-state index contributed by atoms with van der Waals surface area (Å²) >= 11 is 0. The van der Waals surface area contributed by atoms with Gasteiger partial charge < -0.3 is 19.1 Å². The molecule has 0 saturated carbocycles. The first-order valence-electron chi connectivity index (χ1n) is 6.90. The summed E-state index contributed by atoms with van der Waals surface area (Å²) in [6, 6.07) is 5.10. The normalized spacial score (nSPS) is 12.6. The van der Waals surface area contributed by atoms with Crippen LogP contribution in [0, 0.1) is 5.92 Å². The highest BCUT2D eigenvalue weighted by atomic mass is 16.5. The van der Waals surface area contributed by atoms with Crippen LogP contribution in [-0.4, -0.2) is 29.0 Å². The topological polar surface area (TPSA) is 77.6 Å². The molecule has 0 amide bonds. The number of hydrogen-bond donors (Lipinski definition) is 1. The third kappa shape index (κ3) is 3.16. The van der Waals surface area contributed by atoms with E-state index in [0.717, 1.165) is 0 Å². The predicted molar refractivity (Wildman–Crippen MR) is 77.2 cm³/mol. The van der Waals surface area contributed by atoms with Crippen LogP contribution in [0.15, 0.2) is 22.7 Å². The Labute approximate surface area is 123 Å². The molecule has 1 heterocycles. The zero-order chi connectivity index (χ0) is 15.4. The Morgan fingerprint density at radius 1 is 1.33 bits per heavy atom. The number of nitrogens with zero attached hydrogens (tertiary/aromatic N) is 2. The molecular formula is C15H20N2O4. The quantitative estimate of drug-likeness (QED) is 0.881. The van der Waals surface area contributed by atoms with Crippen molar-refractivity contribution in [2.24, 2.45) is 5.92 Å². The van der Waals surface area contributed by atoms with Gasteiger partial charge in [0.2, 0.25) is 5.82 Å². The van der Waals surface area contributed by atoms with E-state index in [1.165, 1.54) is 7.11 Å². The maximum Gasteiger partial charge on any atom is 0.261 e. The van der Waals surface area contributed by atoms with Gasteiger partial charge in [-0.2, -0.15) is 4.98 Å². The first kappa shape index (κ1) is 15.3. The minimum atomic E-state index is -0.236. The molecule has 114 valence electrons. The lowest BCUT2D eigenvalue weighted by Gasteiger charge is -2.16. The number of benzene rings is 1. The van der Waals surface area contributed by atoms with Crippen LogP contribution in [-0.2, 0) is 4.74 Å². The Bertz CT molecular complexity index is 595. The van der Waals surface area contributed by atoms with Crippen molar-refractivity contribution in [3.8, 4) is 23.0 Å². The molecule has 0 aliphatic heterocycles. The number of phenols is 1. The molecule has 6 heteroatoms. The number of phenolic OH excluding ortho intramolecular Hbond substituents is 1. The van der Waals surface area contributed by atoms with Crippen molar-refractivity contribution in [2.75, 3.05) is 13.7 Å². The minimum Gasteiger partial charge on any atom is -0.504 e. The van der Waals surface area contributed by atoms with Gasteiger partial charge in [0.1, 0.15) is 6.10 Å². The van der Waals surface area contributed by atoms with E-state index < -0.39 is 0 Å². The smallest absolute Gasteiger partial charge is 0.261 e. The van der Waals surface area contributed by atoms with E-state index in [9.17, 15) is 5.11 Å². The van der Waals surface area contributed by atoms with E-state index in [2.05, 4.69) is 10.1 Å². The van der Waals surface area contributed by atoms with Gasteiger partial charge in [-0.1, -0.05) is 25.1 Å². The second-order valence-electron chi connectivity index (χ2n) is 4.93.